The van der Waals surface area contributed by atoms with E-state index in [0.717, 1.165) is 37.0 Å². The van der Waals surface area contributed by atoms with E-state index in [2.05, 4.69) is 5.43 Å². The van der Waals surface area contributed by atoms with Crippen LogP contribution in [-0.2, 0) is 16.0 Å². The number of ether oxygens (including phenoxy) is 1. The summed E-state index contributed by atoms with van der Waals surface area (Å²) in [6.07, 6.45) is 1.82. The summed E-state index contributed by atoms with van der Waals surface area (Å²) in [6, 6.07) is 11.7. The van der Waals surface area contributed by atoms with Gasteiger partial charge < -0.3 is 4.74 Å². The third-order valence-electron chi connectivity index (χ3n) is 5.11. The lowest BCUT2D eigenvalue weighted by Crippen LogP contribution is -2.36. The van der Waals surface area contributed by atoms with Gasteiger partial charge in [0.1, 0.15) is 16.4 Å². The molecule has 2 amide bonds. The molecule has 0 radical (unpaired) electrons. The number of rotatable bonds is 6. The summed E-state index contributed by atoms with van der Waals surface area (Å²) < 4.78 is 5.22. The summed E-state index contributed by atoms with van der Waals surface area (Å²) in [7, 11) is 1.63. The van der Waals surface area contributed by atoms with Gasteiger partial charge in [-0.1, -0.05) is 18.2 Å². The van der Waals surface area contributed by atoms with Crippen LogP contribution in [-0.4, -0.2) is 33.9 Å². The first kappa shape index (κ1) is 22.9. The van der Waals surface area contributed by atoms with E-state index in [-0.39, 0.29) is 18.3 Å². The Morgan fingerprint density at radius 2 is 1.88 bits per heavy atom. The van der Waals surface area contributed by atoms with Crippen molar-refractivity contribution >= 4 is 62.9 Å². The average Bonchev–Trinajstić information content (AvgIpc) is 3.51. The summed E-state index contributed by atoms with van der Waals surface area (Å²) in [5.41, 5.74) is 5.35. The van der Waals surface area contributed by atoms with Gasteiger partial charge in [0.15, 0.2) is 5.82 Å². The molecule has 0 atom stereocenters. The molecule has 0 aliphatic carbocycles. The molecule has 1 aromatic carbocycles. The second-order valence-electron chi connectivity index (χ2n) is 7.24. The van der Waals surface area contributed by atoms with Crippen LogP contribution in [0.5, 0.6) is 5.75 Å². The minimum atomic E-state index is -0.413. The maximum absolute atomic E-state index is 12.5. The highest BCUT2D eigenvalue weighted by molar-refractivity contribution is 7.18. The zero-order valence-corrected chi connectivity index (χ0v) is 20.1. The molecule has 5 rings (SSSR count). The van der Waals surface area contributed by atoms with Crippen molar-refractivity contribution in [3.8, 4) is 16.2 Å². The van der Waals surface area contributed by atoms with Crippen molar-refractivity contribution in [3.63, 3.8) is 0 Å². The number of imide groups is 1. The maximum atomic E-state index is 12.5. The fourth-order valence-corrected chi connectivity index (χ4v) is 5.27. The van der Waals surface area contributed by atoms with Gasteiger partial charge in [-0.25, -0.2) is 9.97 Å². The summed E-state index contributed by atoms with van der Waals surface area (Å²) in [4.78, 5) is 36.2. The van der Waals surface area contributed by atoms with Gasteiger partial charge in [-0.05, 0) is 36.1 Å². The molecule has 1 aliphatic rings. The Balaban J connectivity index is 0.00000259. The van der Waals surface area contributed by atoms with Crippen molar-refractivity contribution in [1.29, 1.82) is 0 Å². The number of carbonyl (C=O) groups excluding carboxylic acids is 2. The Labute approximate surface area is 204 Å². The molecule has 0 bridgehead atoms. The molecule has 1 N–H and O–H groups in total. The zero-order chi connectivity index (χ0) is 22.2. The van der Waals surface area contributed by atoms with Crippen molar-refractivity contribution in [2.75, 3.05) is 12.5 Å². The van der Waals surface area contributed by atoms with E-state index in [1.807, 2.05) is 47.2 Å². The number of hydrazine groups is 1. The number of halogens is 1. The van der Waals surface area contributed by atoms with Crippen LogP contribution in [0.1, 0.15) is 18.3 Å². The molecule has 1 aliphatic heterocycles. The molecule has 4 heterocycles. The molecule has 0 unspecified atom stereocenters. The Morgan fingerprint density at radius 1 is 1.09 bits per heavy atom. The van der Waals surface area contributed by atoms with Crippen molar-refractivity contribution in [2.45, 2.75) is 13.3 Å². The summed E-state index contributed by atoms with van der Waals surface area (Å²) in [6.45, 7) is 1.62. The van der Waals surface area contributed by atoms with E-state index in [1.165, 1.54) is 17.4 Å². The van der Waals surface area contributed by atoms with E-state index >= 15 is 0 Å². The van der Waals surface area contributed by atoms with Gasteiger partial charge in [-0.2, -0.15) is 5.01 Å². The standard InChI is InChI=1S/C23H18N4O3S2.ClH/c1-13-10-19(28)27(23(13)29)26-21-20-16(17-4-3-9-31-17)12-32-22(20)25-18(24-21)11-14-5-7-15(30-2)8-6-14;/h3-10,12H,11H2,1-2H3,(H,24,25,26);1H. The van der Waals surface area contributed by atoms with Gasteiger partial charge in [0.05, 0.1) is 12.5 Å². The van der Waals surface area contributed by atoms with Crippen LogP contribution in [0.3, 0.4) is 0 Å². The van der Waals surface area contributed by atoms with Gasteiger partial charge in [0.25, 0.3) is 11.8 Å². The topological polar surface area (TPSA) is 84.4 Å². The minimum absolute atomic E-state index is 0. The third kappa shape index (κ3) is 4.35. The molecule has 0 saturated carbocycles. The number of hydrogen-bond donors (Lipinski definition) is 1. The zero-order valence-electron chi connectivity index (χ0n) is 17.7. The first-order chi connectivity index (χ1) is 15.5. The summed E-state index contributed by atoms with van der Waals surface area (Å²) in [5.74, 6) is 1.01. The second-order valence-corrected chi connectivity index (χ2v) is 9.04. The first-order valence-electron chi connectivity index (χ1n) is 9.82. The van der Waals surface area contributed by atoms with E-state index in [9.17, 15) is 9.59 Å². The van der Waals surface area contributed by atoms with Crippen molar-refractivity contribution in [2.24, 2.45) is 0 Å². The third-order valence-corrected chi connectivity index (χ3v) is 6.88. The lowest BCUT2D eigenvalue weighted by atomic mass is 10.1. The Bertz CT molecular complexity index is 1360. The molecule has 3 aromatic heterocycles. The largest absolute Gasteiger partial charge is 0.497 e. The van der Waals surface area contributed by atoms with Crippen LogP contribution in [0.25, 0.3) is 20.7 Å². The molecule has 0 spiro atoms. The second kappa shape index (κ2) is 9.30. The number of carbonyl (C=O) groups is 2. The molecule has 33 heavy (non-hydrogen) atoms. The van der Waals surface area contributed by atoms with E-state index in [4.69, 9.17) is 14.7 Å². The van der Waals surface area contributed by atoms with E-state index < -0.39 is 5.91 Å². The summed E-state index contributed by atoms with van der Waals surface area (Å²) in [5, 5.41) is 5.83. The Kier molecular flexibility index (Phi) is 6.46. The quantitative estimate of drug-likeness (QED) is 0.373. The van der Waals surface area contributed by atoms with Crippen molar-refractivity contribution in [3.05, 3.63) is 70.2 Å². The number of methoxy groups -OCH3 is 1. The fourth-order valence-electron chi connectivity index (χ4n) is 3.48. The molecular formula is C23H19ClN4O3S2. The molecule has 168 valence electrons. The average molecular weight is 499 g/mol. The number of nitrogens with one attached hydrogen (secondary N) is 1. The smallest absolute Gasteiger partial charge is 0.275 e. The molecule has 0 saturated heterocycles. The number of benzene rings is 1. The van der Waals surface area contributed by atoms with Crippen LogP contribution >= 0.6 is 35.1 Å². The molecule has 10 heteroatoms. The lowest BCUT2D eigenvalue weighted by Gasteiger charge is -2.18. The van der Waals surface area contributed by atoms with Gasteiger partial charge in [-0.3, -0.25) is 15.0 Å². The first-order valence-corrected chi connectivity index (χ1v) is 11.6. The SMILES string of the molecule is COc1ccc(Cc2nc(NN3C(=O)C=C(C)C3=O)c3c(-c4cccs4)csc3n2)cc1.Cl. The van der Waals surface area contributed by atoms with Crippen molar-refractivity contribution in [1.82, 2.24) is 15.0 Å². The van der Waals surface area contributed by atoms with Gasteiger partial charge in [0, 0.05) is 33.9 Å². The van der Waals surface area contributed by atoms with Crippen molar-refractivity contribution < 1.29 is 14.3 Å². The Morgan fingerprint density at radius 3 is 2.52 bits per heavy atom. The van der Waals surface area contributed by atoms with Crippen LogP contribution in [0.2, 0.25) is 0 Å². The number of amides is 2. The van der Waals surface area contributed by atoms with Crippen LogP contribution in [0, 0.1) is 0 Å². The molecule has 0 fully saturated rings. The lowest BCUT2D eigenvalue weighted by molar-refractivity contribution is -0.135. The fraction of sp³-hybridized carbons (Fsp3) is 0.130. The number of aromatic nitrogens is 2. The Hall–Kier alpha value is -3.27. The normalized spacial score (nSPS) is 13.3. The number of thiophene rings is 2. The van der Waals surface area contributed by atoms with Crippen LogP contribution in [0.15, 0.2) is 58.8 Å². The molecule has 4 aromatic rings. The number of fused-ring (bicyclic) bond motifs is 1. The van der Waals surface area contributed by atoms with Crippen LogP contribution < -0.4 is 10.2 Å². The van der Waals surface area contributed by atoms with E-state index in [1.54, 1.807) is 25.4 Å². The predicted molar refractivity (Wildman–Crippen MR) is 133 cm³/mol. The van der Waals surface area contributed by atoms with Gasteiger partial charge in [0.2, 0.25) is 0 Å². The predicted octanol–water partition coefficient (Wildman–Crippen LogP) is 5.08. The highest BCUT2D eigenvalue weighted by Crippen LogP contribution is 2.39. The number of anilines is 1. The van der Waals surface area contributed by atoms with Gasteiger partial charge in [-0.15, -0.1) is 35.1 Å². The molecular weight excluding hydrogens is 480 g/mol. The number of nitrogens with zero attached hydrogens (tertiary/aromatic N) is 3. The highest BCUT2D eigenvalue weighted by atomic mass is 35.5. The molecule has 7 nitrogen and oxygen atoms in total. The minimum Gasteiger partial charge on any atom is -0.497 e. The van der Waals surface area contributed by atoms with Crippen LogP contribution in [0.4, 0.5) is 5.82 Å². The summed E-state index contributed by atoms with van der Waals surface area (Å²) >= 11 is 3.12. The highest BCUT2D eigenvalue weighted by Gasteiger charge is 2.30. The van der Waals surface area contributed by atoms with Gasteiger partial charge >= 0.3 is 0 Å². The maximum Gasteiger partial charge on any atom is 0.275 e. The van der Waals surface area contributed by atoms with E-state index in [0.29, 0.717) is 23.6 Å². The number of hydrogen-bond acceptors (Lipinski definition) is 8. The monoisotopic (exact) mass is 498 g/mol.